The molecule has 1 aromatic rings. The Hall–Kier alpha value is -1.38. The van der Waals surface area contributed by atoms with Gasteiger partial charge in [0, 0.05) is 13.2 Å². The van der Waals surface area contributed by atoms with Crippen molar-refractivity contribution in [3.8, 4) is 0 Å². The molecule has 0 spiro atoms. The van der Waals surface area contributed by atoms with E-state index in [1.165, 1.54) is 16.8 Å². The number of hydrogen-bond acceptors (Lipinski definition) is 4. The van der Waals surface area contributed by atoms with E-state index in [0.29, 0.717) is 6.42 Å². The largest absolute Gasteiger partial charge is 0.394 e. The number of aromatic nitrogens is 1. The summed E-state index contributed by atoms with van der Waals surface area (Å²) >= 11 is 0. The van der Waals surface area contributed by atoms with Gasteiger partial charge in [0.25, 0.3) is 5.91 Å². The first-order chi connectivity index (χ1) is 8.29. The van der Waals surface area contributed by atoms with Crippen LogP contribution in [0, 0.1) is 0 Å². The van der Waals surface area contributed by atoms with Gasteiger partial charge in [0.15, 0.2) is 0 Å². The Morgan fingerprint density at radius 2 is 2.22 bits per heavy atom. The van der Waals surface area contributed by atoms with E-state index in [1.807, 2.05) is 6.92 Å². The quantitative estimate of drug-likeness (QED) is 0.650. The zero-order chi connectivity index (χ0) is 13.9. The number of carbonyl (C=O) groups is 1. The zero-order valence-electron chi connectivity index (χ0n) is 10.3. The van der Waals surface area contributed by atoms with E-state index in [1.54, 1.807) is 7.05 Å². The Kier molecular flexibility index (Phi) is 4.49. The molecule has 0 saturated heterocycles. The molecule has 1 rings (SSSR count). The van der Waals surface area contributed by atoms with Gasteiger partial charge < -0.3 is 15.0 Å². The van der Waals surface area contributed by atoms with Crippen molar-refractivity contribution >= 4 is 15.9 Å². The second-order valence-electron chi connectivity index (χ2n) is 3.98. The van der Waals surface area contributed by atoms with Crippen LogP contribution in [0.5, 0.6) is 0 Å². The lowest BCUT2D eigenvalue weighted by Crippen LogP contribution is -2.37. The molecule has 1 aromatic heterocycles. The van der Waals surface area contributed by atoms with Crippen LogP contribution in [0.15, 0.2) is 17.2 Å². The van der Waals surface area contributed by atoms with E-state index in [0.717, 1.165) is 0 Å². The van der Waals surface area contributed by atoms with Gasteiger partial charge in [0.2, 0.25) is 10.0 Å². The Labute approximate surface area is 106 Å². The molecule has 0 aliphatic carbocycles. The van der Waals surface area contributed by atoms with Crippen LogP contribution >= 0.6 is 0 Å². The molecule has 0 bridgehead atoms. The number of sulfonamides is 1. The molecule has 4 N–H and O–H groups in total. The number of carbonyl (C=O) groups excluding carboxylic acids is 1. The molecule has 0 aliphatic heterocycles. The third-order valence-electron chi connectivity index (χ3n) is 2.59. The molecule has 8 heteroatoms. The SMILES string of the molecule is CC[C@H](CO)NC(=O)c1cc(S(N)(=O)=O)cn1C. The van der Waals surface area contributed by atoms with E-state index < -0.39 is 15.9 Å². The molecule has 0 unspecified atom stereocenters. The Bertz CT molecular complexity index is 531. The van der Waals surface area contributed by atoms with Gasteiger partial charge in [-0.3, -0.25) is 4.79 Å². The van der Waals surface area contributed by atoms with Gasteiger partial charge in [-0.05, 0) is 12.5 Å². The minimum atomic E-state index is -3.83. The minimum absolute atomic E-state index is 0.118. The van der Waals surface area contributed by atoms with Crippen molar-refractivity contribution in [1.82, 2.24) is 9.88 Å². The van der Waals surface area contributed by atoms with Crippen LogP contribution in [0.25, 0.3) is 0 Å². The highest BCUT2D eigenvalue weighted by Gasteiger charge is 2.18. The molecule has 0 aromatic carbocycles. The van der Waals surface area contributed by atoms with Crippen molar-refractivity contribution in [1.29, 1.82) is 0 Å². The number of aliphatic hydroxyl groups excluding tert-OH is 1. The highest BCUT2D eigenvalue weighted by Crippen LogP contribution is 2.12. The van der Waals surface area contributed by atoms with Crippen molar-refractivity contribution in [2.75, 3.05) is 6.61 Å². The fourth-order valence-corrected chi connectivity index (χ4v) is 2.03. The Morgan fingerprint density at radius 1 is 1.61 bits per heavy atom. The summed E-state index contributed by atoms with van der Waals surface area (Å²) in [5.41, 5.74) is 0.172. The molecule has 1 amide bonds. The number of aliphatic hydroxyl groups is 1. The summed E-state index contributed by atoms with van der Waals surface area (Å²) in [6.07, 6.45) is 1.85. The molecule has 0 aliphatic rings. The summed E-state index contributed by atoms with van der Waals surface area (Å²) in [6, 6.07) is 0.847. The molecule has 0 fully saturated rings. The van der Waals surface area contributed by atoms with Gasteiger partial charge in [-0.15, -0.1) is 0 Å². The van der Waals surface area contributed by atoms with Crippen molar-refractivity contribution in [3.63, 3.8) is 0 Å². The van der Waals surface area contributed by atoms with Gasteiger partial charge >= 0.3 is 0 Å². The number of nitrogens with two attached hydrogens (primary N) is 1. The summed E-state index contributed by atoms with van der Waals surface area (Å²) < 4.78 is 23.7. The smallest absolute Gasteiger partial charge is 0.268 e. The third kappa shape index (κ3) is 3.31. The lowest BCUT2D eigenvalue weighted by molar-refractivity contribution is 0.0906. The molecule has 7 nitrogen and oxygen atoms in total. The lowest BCUT2D eigenvalue weighted by Gasteiger charge is -2.13. The van der Waals surface area contributed by atoms with E-state index in [4.69, 9.17) is 10.2 Å². The summed E-state index contributed by atoms with van der Waals surface area (Å²) in [6.45, 7) is 1.65. The molecular formula is C10H17N3O4S. The number of amides is 1. The standard InChI is InChI=1S/C10H17N3O4S/c1-3-7(6-14)12-10(15)9-4-8(5-13(9)2)18(11,16)17/h4-5,7,14H,3,6H2,1-2H3,(H,12,15)(H2,11,16,17)/t7-/m1/s1. The molecule has 0 saturated carbocycles. The predicted molar refractivity (Wildman–Crippen MR) is 65.4 cm³/mol. The second-order valence-corrected chi connectivity index (χ2v) is 5.54. The maximum Gasteiger partial charge on any atom is 0.268 e. The first-order valence-corrected chi connectivity index (χ1v) is 6.95. The normalized spacial score (nSPS) is 13.3. The van der Waals surface area contributed by atoms with E-state index in [2.05, 4.69) is 5.32 Å². The van der Waals surface area contributed by atoms with Crippen molar-refractivity contribution in [2.24, 2.45) is 12.2 Å². The number of primary sulfonamides is 1. The topological polar surface area (TPSA) is 114 Å². The second kappa shape index (κ2) is 5.51. The lowest BCUT2D eigenvalue weighted by atomic mass is 10.2. The molecular weight excluding hydrogens is 258 g/mol. The fourth-order valence-electron chi connectivity index (χ4n) is 1.45. The van der Waals surface area contributed by atoms with Gasteiger partial charge in [-0.25, -0.2) is 13.6 Å². The maximum absolute atomic E-state index is 11.9. The third-order valence-corrected chi connectivity index (χ3v) is 3.47. The van der Waals surface area contributed by atoms with Crippen LogP contribution in [-0.2, 0) is 17.1 Å². The van der Waals surface area contributed by atoms with Crippen LogP contribution in [0.1, 0.15) is 23.8 Å². The molecule has 18 heavy (non-hydrogen) atoms. The highest BCUT2D eigenvalue weighted by molar-refractivity contribution is 7.89. The first-order valence-electron chi connectivity index (χ1n) is 5.40. The summed E-state index contributed by atoms with van der Waals surface area (Å²) in [7, 11) is -2.28. The monoisotopic (exact) mass is 275 g/mol. The maximum atomic E-state index is 11.9. The molecule has 0 radical (unpaired) electrons. The average molecular weight is 275 g/mol. The van der Waals surface area contributed by atoms with Gasteiger partial charge in [-0.2, -0.15) is 0 Å². The number of nitrogens with one attached hydrogen (secondary N) is 1. The molecule has 1 atom stereocenters. The van der Waals surface area contributed by atoms with E-state index in [-0.39, 0.29) is 23.2 Å². The predicted octanol–water partition coefficient (Wildman–Crippen LogP) is -0.827. The van der Waals surface area contributed by atoms with Crippen LogP contribution in [0.4, 0.5) is 0 Å². The Balaban J connectivity index is 2.97. The van der Waals surface area contributed by atoms with Crippen molar-refractivity contribution in [3.05, 3.63) is 18.0 Å². The number of nitrogens with zero attached hydrogens (tertiary/aromatic N) is 1. The Morgan fingerprint density at radius 3 is 2.61 bits per heavy atom. The van der Waals surface area contributed by atoms with Crippen LogP contribution in [0.2, 0.25) is 0 Å². The summed E-state index contributed by atoms with van der Waals surface area (Å²) in [4.78, 5) is 11.7. The van der Waals surface area contributed by atoms with E-state index in [9.17, 15) is 13.2 Å². The number of aryl methyl sites for hydroxylation is 1. The van der Waals surface area contributed by atoms with Crippen molar-refractivity contribution in [2.45, 2.75) is 24.3 Å². The van der Waals surface area contributed by atoms with Crippen molar-refractivity contribution < 1.29 is 18.3 Å². The zero-order valence-corrected chi connectivity index (χ0v) is 11.1. The highest BCUT2D eigenvalue weighted by atomic mass is 32.2. The van der Waals surface area contributed by atoms with Gasteiger partial charge in [0.05, 0.1) is 12.6 Å². The minimum Gasteiger partial charge on any atom is -0.394 e. The fraction of sp³-hybridized carbons (Fsp3) is 0.500. The molecule has 102 valence electrons. The summed E-state index contributed by atoms with van der Waals surface area (Å²) in [5.74, 6) is -0.451. The summed E-state index contributed by atoms with van der Waals surface area (Å²) in [5, 5.41) is 16.6. The number of hydrogen-bond donors (Lipinski definition) is 3. The van der Waals surface area contributed by atoms with Crippen LogP contribution < -0.4 is 10.5 Å². The van der Waals surface area contributed by atoms with E-state index >= 15 is 0 Å². The average Bonchev–Trinajstić information content (AvgIpc) is 2.67. The van der Waals surface area contributed by atoms with Gasteiger partial charge in [0.1, 0.15) is 10.6 Å². The first kappa shape index (κ1) is 14.7. The van der Waals surface area contributed by atoms with Crippen LogP contribution in [-0.4, -0.2) is 36.6 Å². The van der Waals surface area contributed by atoms with Crippen LogP contribution in [0.3, 0.4) is 0 Å². The van der Waals surface area contributed by atoms with Gasteiger partial charge in [-0.1, -0.05) is 6.92 Å². The molecule has 1 heterocycles. The number of rotatable bonds is 5.